The predicted molar refractivity (Wildman–Crippen MR) is 213 cm³/mol. The van der Waals surface area contributed by atoms with Crippen LogP contribution in [0, 0.1) is 5.92 Å². The lowest BCUT2D eigenvalue weighted by molar-refractivity contribution is -0.146. The van der Waals surface area contributed by atoms with E-state index in [0.29, 0.717) is 6.42 Å². The second-order valence-corrected chi connectivity index (χ2v) is 15.9. The van der Waals surface area contributed by atoms with E-state index in [2.05, 4.69) is 21.3 Å². The molecule has 0 radical (unpaired) electrons. The molecule has 0 spiro atoms. The molecule has 0 unspecified atom stereocenters. The quantitative estimate of drug-likeness (QED) is 0.240. The maximum Gasteiger partial charge on any atom is 0.248 e. The highest BCUT2D eigenvalue weighted by Crippen LogP contribution is 2.48. The van der Waals surface area contributed by atoms with Crippen LogP contribution in [-0.4, -0.2) is 96.4 Å². The van der Waals surface area contributed by atoms with Crippen LogP contribution < -0.4 is 21.3 Å². The Hall–Kier alpha value is -5.01. The fourth-order valence-electron chi connectivity index (χ4n) is 6.55. The fraction of sp³-hybridized carbons (Fsp3) is 0.429. The van der Waals surface area contributed by atoms with Gasteiger partial charge < -0.3 is 30.9 Å². The smallest absolute Gasteiger partial charge is 0.248 e. The molecule has 0 aromatic heterocycles. The van der Waals surface area contributed by atoms with Gasteiger partial charge in [0.2, 0.25) is 29.5 Å². The number of hydrogen-bond donors (Lipinski definition) is 4. The number of Topliss-reactive ketones (excluding diaryl/α,β-unsaturated/α-hetero) is 1. The number of rotatable bonds is 9. The molecule has 1 fully saturated rings. The number of thioether (sulfide) groups is 1. The Bertz CT molecular complexity index is 1690. The third-order valence-electron chi connectivity index (χ3n) is 9.23. The predicted octanol–water partition coefficient (Wildman–Crippen LogP) is 3.57. The second kappa shape index (κ2) is 19.5. The van der Waals surface area contributed by atoms with Crippen molar-refractivity contribution in [2.24, 2.45) is 5.92 Å². The molecule has 12 nitrogen and oxygen atoms in total. The largest absolute Gasteiger partial charge is 0.370 e. The zero-order valence-electron chi connectivity index (χ0n) is 32.4. The third-order valence-corrected chi connectivity index (χ3v) is 10.9. The van der Waals surface area contributed by atoms with Gasteiger partial charge in [0.05, 0.1) is 36.1 Å². The van der Waals surface area contributed by atoms with E-state index in [9.17, 15) is 28.8 Å². The summed E-state index contributed by atoms with van der Waals surface area (Å²) in [6.45, 7) is 7.57. The monoisotopic (exact) mass is 771 g/mol. The summed E-state index contributed by atoms with van der Waals surface area (Å²) in [7, 11) is 1.42. The van der Waals surface area contributed by atoms with Crippen LogP contribution in [0.15, 0.2) is 91.0 Å². The Labute approximate surface area is 327 Å². The Morgan fingerprint density at radius 2 is 1.25 bits per heavy atom. The SMILES string of the molecule is CC[C@@H]1CC(=O)CNC(=O)[C@H](CSC(c2ccccc2)(c2ccccc2)c2ccccc2)NC(=O)CN(C)C(=O)[C@H]([C@@H](C)OC(C)(C)C)NC(=O)CNC1=O. The molecule has 0 bridgehead atoms. The second-order valence-electron chi connectivity index (χ2n) is 14.7. The minimum Gasteiger partial charge on any atom is -0.370 e. The van der Waals surface area contributed by atoms with Crippen LogP contribution in [-0.2, 0) is 38.3 Å². The molecule has 294 valence electrons. The maximum atomic E-state index is 14.0. The Morgan fingerprint density at radius 1 is 0.745 bits per heavy atom. The molecule has 4 N–H and O–H groups in total. The molecule has 3 aromatic carbocycles. The molecule has 1 aliphatic rings. The first-order valence-corrected chi connectivity index (χ1v) is 19.5. The van der Waals surface area contributed by atoms with Crippen molar-refractivity contribution in [2.75, 3.05) is 32.4 Å². The number of carbonyl (C=O) groups excluding carboxylic acids is 6. The van der Waals surface area contributed by atoms with E-state index in [0.717, 1.165) is 21.6 Å². The number of hydrogen-bond acceptors (Lipinski definition) is 8. The molecule has 1 saturated heterocycles. The highest BCUT2D eigenvalue weighted by Gasteiger charge is 2.39. The van der Waals surface area contributed by atoms with Crippen LogP contribution in [0.4, 0.5) is 0 Å². The van der Waals surface area contributed by atoms with E-state index >= 15 is 0 Å². The van der Waals surface area contributed by atoms with E-state index in [1.54, 1.807) is 13.8 Å². The minimum absolute atomic E-state index is 0.0667. The summed E-state index contributed by atoms with van der Waals surface area (Å²) in [5.41, 5.74) is 2.18. The summed E-state index contributed by atoms with van der Waals surface area (Å²) < 4.78 is 5.22. The van der Waals surface area contributed by atoms with Crippen molar-refractivity contribution in [1.29, 1.82) is 0 Å². The van der Waals surface area contributed by atoms with Gasteiger partial charge in [-0.05, 0) is 50.8 Å². The molecule has 1 aliphatic heterocycles. The zero-order chi connectivity index (χ0) is 40.2. The number of nitrogens with one attached hydrogen (secondary N) is 4. The fourth-order valence-corrected chi connectivity index (χ4v) is 8.11. The van der Waals surface area contributed by atoms with Crippen LogP contribution in [0.2, 0.25) is 0 Å². The van der Waals surface area contributed by atoms with E-state index in [-0.39, 0.29) is 24.5 Å². The van der Waals surface area contributed by atoms with Crippen LogP contribution in [0.5, 0.6) is 0 Å². The Morgan fingerprint density at radius 3 is 1.75 bits per heavy atom. The standard InChI is InChI=1S/C42H53N5O7S/c1-7-29-23-33(48)24-43-39(52)34(27-55-42(30-17-11-8-12-18-30,31-19-13-9-14-20-31)32-21-15-10-16-22-32)45-36(50)26-47(6)40(53)37(28(2)54-41(3,4)5)46-35(49)25-44-38(29)51/h8-22,28-29,34,37H,7,23-27H2,1-6H3,(H,43,52)(H,44,51)(H,45,50)(H,46,49)/t28-,29-,34+,37+/m1/s1. The van der Waals surface area contributed by atoms with Crippen molar-refractivity contribution < 1.29 is 33.5 Å². The first-order valence-electron chi connectivity index (χ1n) is 18.5. The Kier molecular flexibility index (Phi) is 15.2. The summed E-state index contributed by atoms with van der Waals surface area (Å²) in [6.07, 6.45) is -0.677. The van der Waals surface area contributed by atoms with Gasteiger partial charge in [0, 0.05) is 25.1 Å². The first-order chi connectivity index (χ1) is 26.1. The molecule has 0 aliphatic carbocycles. The van der Waals surface area contributed by atoms with E-state index < -0.39 is 77.1 Å². The highest BCUT2D eigenvalue weighted by molar-refractivity contribution is 8.00. The van der Waals surface area contributed by atoms with E-state index in [4.69, 9.17) is 4.74 Å². The van der Waals surface area contributed by atoms with Crippen LogP contribution >= 0.6 is 11.8 Å². The number of benzene rings is 3. The first kappa shape index (κ1) is 42.7. The lowest BCUT2D eigenvalue weighted by atomic mass is 9.84. The van der Waals surface area contributed by atoms with Gasteiger partial charge in [0.15, 0.2) is 5.78 Å². The summed E-state index contributed by atoms with van der Waals surface area (Å²) >= 11 is 1.45. The van der Waals surface area contributed by atoms with E-state index in [1.807, 2.05) is 112 Å². The molecule has 0 saturated carbocycles. The number of amides is 5. The van der Waals surface area contributed by atoms with Crippen molar-refractivity contribution in [2.45, 2.75) is 76.0 Å². The van der Waals surface area contributed by atoms with Gasteiger partial charge in [-0.2, -0.15) is 0 Å². The normalized spacial score (nSPS) is 20.7. The van der Waals surface area contributed by atoms with Crippen molar-refractivity contribution in [3.8, 4) is 0 Å². The van der Waals surface area contributed by atoms with Gasteiger partial charge >= 0.3 is 0 Å². The molecule has 5 amide bonds. The topological polar surface area (TPSA) is 163 Å². The number of nitrogens with zero attached hydrogens (tertiary/aromatic N) is 1. The molecule has 55 heavy (non-hydrogen) atoms. The van der Waals surface area contributed by atoms with Crippen LogP contribution in [0.1, 0.15) is 64.2 Å². The van der Waals surface area contributed by atoms with Crippen molar-refractivity contribution in [1.82, 2.24) is 26.2 Å². The molecule has 1 heterocycles. The zero-order valence-corrected chi connectivity index (χ0v) is 33.2. The summed E-state index contributed by atoms with van der Waals surface area (Å²) in [4.78, 5) is 82.0. The molecular formula is C42H53N5O7S. The van der Waals surface area contributed by atoms with Crippen LogP contribution in [0.3, 0.4) is 0 Å². The molecule has 4 atom stereocenters. The van der Waals surface area contributed by atoms with Gasteiger partial charge in [-0.25, -0.2) is 0 Å². The van der Waals surface area contributed by atoms with Crippen LogP contribution in [0.25, 0.3) is 0 Å². The Balaban J connectivity index is 1.71. The molecule has 3 aromatic rings. The number of carbonyl (C=O) groups is 6. The average Bonchev–Trinajstić information content (AvgIpc) is 3.16. The minimum atomic E-state index is -1.21. The van der Waals surface area contributed by atoms with Gasteiger partial charge in [-0.3, -0.25) is 28.8 Å². The van der Waals surface area contributed by atoms with Gasteiger partial charge in [0.1, 0.15) is 12.1 Å². The highest BCUT2D eigenvalue weighted by atomic mass is 32.2. The van der Waals surface area contributed by atoms with E-state index in [1.165, 1.54) is 18.8 Å². The summed E-state index contributed by atoms with van der Waals surface area (Å²) in [5.74, 6) is -4.03. The molecule has 13 heteroatoms. The molecule has 4 rings (SSSR count). The molecular weight excluding hydrogens is 719 g/mol. The van der Waals surface area contributed by atoms with Gasteiger partial charge in [-0.15, -0.1) is 11.8 Å². The number of likely N-dealkylation sites (N-methyl/N-ethyl adjacent to an activating group) is 1. The number of ketones is 1. The van der Waals surface area contributed by atoms with Gasteiger partial charge in [-0.1, -0.05) is 97.9 Å². The van der Waals surface area contributed by atoms with Gasteiger partial charge in [0.25, 0.3) is 0 Å². The van der Waals surface area contributed by atoms with Crippen molar-refractivity contribution in [3.05, 3.63) is 108 Å². The van der Waals surface area contributed by atoms with Crippen molar-refractivity contribution >= 4 is 47.1 Å². The maximum absolute atomic E-state index is 14.0. The lowest BCUT2D eigenvalue weighted by Gasteiger charge is -2.36. The average molecular weight is 772 g/mol. The summed E-state index contributed by atoms with van der Waals surface area (Å²) in [5, 5.41) is 10.7. The summed E-state index contributed by atoms with van der Waals surface area (Å²) in [6, 6.07) is 27.3. The number of ether oxygens (including phenoxy) is 1. The third kappa shape index (κ3) is 11.7. The lowest BCUT2D eigenvalue weighted by Crippen LogP contribution is -2.58. The van der Waals surface area contributed by atoms with Crippen molar-refractivity contribution in [3.63, 3.8) is 0 Å².